The molecule has 0 atom stereocenters. The fourth-order valence-electron chi connectivity index (χ4n) is 1.81. The molecule has 1 aliphatic heterocycles. The Morgan fingerprint density at radius 2 is 1.90 bits per heavy atom. The molecule has 0 unspecified atom stereocenters. The van der Waals surface area contributed by atoms with E-state index in [-0.39, 0.29) is 11.5 Å². The van der Waals surface area contributed by atoms with Crippen LogP contribution in [-0.4, -0.2) is 41.9 Å². The topological polar surface area (TPSA) is 72.7 Å². The Morgan fingerprint density at radius 1 is 1.30 bits per heavy atom. The predicted molar refractivity (Wildman–Crippen MR) is 73.8 cm³/mol. The zero-order chi connectivity index (χ0) is 14.5. The summed E-state index contributed by atoms with van der Waals surface area (Å²) in [5, 5.41) is 10.9. The number of carbonyl (C=O) groups excluding carboxylic acids is 1. The van der Waals surface area contributed by atoms with E-state index in [4.69, 9.17) is 16.3 Å². The van der Waals surface area contributed by atoms with Gasteiger partial charge >= 0.3 is 0 Å². The number of ether oxygens (including phenoxy) is 1. The van der Waals surface area contributed by atoms with Crippen molar-refractivity contribution in [1.82, 2.24) is 4.90 Å². The highest BCUT2D eigenvalue weighted by atomic mass is 35.5. The SMILES string of the molecule is O=C(/C=C(\Cl)N1CCOCC1)c1ccc([N+](=O)[O-])cc1. The average molecular weight is 297 g/mol. The van der Waals surface area contributed by atoms with Crippen molar-refractivity contribution in [3.05, 3.63) is 51.2 Å². The number of nitrogens with zero attached hydrogens (tertiary/aromatic N) is 2. The molecule has 0 aliphatic carbocycles. The molecule has 1 fully saturated rings. The van der Waals surface area contributed by atoms with E-state index in [2.05, 4.69) is 0 Å². The van der Waals surface area contributed by atoms with Crippen LogP contribution in [0, 0.1) is 10.1 Å². The van der Waals surface area contributed by atoms with E-state index in [9.17, 15) is 14.9 Å². The third-order valence-electron chi connectivity index (χ3n) is 2.93. The summed E-state index contributed by atoms with van der Waals surface area (Å²) < 4.78 is 5.20. The number of halogens is 1. The maximum Gasteiger partial charge on any atom is 0.269 e. The van der Waals surface area contributed by atoms with Crippen molar-refractivity contribution in [1.29, 1.82) is 0 Å². The lowest BCUT2D eigenvalue weighted by atomic mass is 10.1. The van der Waals surface area contributed by atoms with Crippen molar-refractivity contribution in [2.45, 2.75) is 0 Å². The summed E-state index contributed by atoms with van der Waals surface area (Å²) in [5.74, 6) is -0.281. The number of rotatable bonds is 4. The zero-order valence-corrected chi connectivity index (χ0v) is 11.4. The number of carbonyl (C=O) groups is 1. The van der Waals surface area contributed by atoms with E-state index in [0.29, 0.717) is 37.0 Å². The van der Waals surface area contributed by atoms with Gasteiger partial charge in [0.1, 0.15) is 5.16 Å². The second-order valence-corrected chi connectivity index (χ2v) is 4.62. The minimum absolute atomic E-state index is 0.0511. The van der Waals surface area contributed by atoms with Gasteiger partial charge < -0.3 is 9.64 Å². The van der Waals surface area contributed by atoms with E-state index in [1.54, 1.807) is 0 Å². The molecule has 106 valence electrons. The Hall–Kier alpha value is -1.92. The normalized spacial score (nSPS) is 16.1. The molecule has 7 heteroatoms. The lowest BCUT2D eigenvalue weighted by molar-refractivity contribution is -0.384. The number of morpholine rings is 1. The van der Waals surface area contributed by atoms with Crippen molar-refractivity contribution < 1.29 is 14.5 Å². The Balaban J connectivity index is 2.08. The Labute approximate surface area is 120 Å². The van der Waals surface area contributed by atoms with Gasteiger partial charge in [0.2, 0.25) is 0 Å². The smallest absolute Gasteiger partial charge is 0.269 e. The number of allylic oxidation sites excluding steroid dienone is 1. The molecule has 0 aromatic heterocycles. The molecule has 0 N–H and O–H groups in total. The molecule has 0 amide bonds. The first-order valence-electron chi connectivity index (χ1n) is 6.06. The Bertz CT molecular complexity index is 536. The average Bonchev–Trinajstić information content (AvgIpc) is 2.48. The quantitative estimate of drug-likeness (QED) is 0.280. The first-order valence-corrected chi connectivity index (χ1v) is 6.44. The number of nitro benzene ring substituents is 1. The molecular weight excluding hydrogens is 284 g/mol. The lowest BCUT2D eigenvalue weighted by Gasteiger charge is -2.27. The first kappa shape index (κ1) is 14.5. The van der Waals surface area contributed by atoms with Crippen LogP contribution in [0.15, 0.2) is 35.5 Å². The molecule has 1 aromatic carbocycles. The van der Waals surface area contributed by atoms with Gasteiger partial charge in [0.25, 0.3) is 5.69 Å². The van der Waals surface area contributed by atoms with Gasteiger partial charge in [0.15, 0.2) is 5.78 Å². The molecule has 2 rings (SSSR count). The monoisotopic (exact) mass is 296 g/mol. The molecule has 1 heterocycles. The van der Waals surface area contributed by atoms with Crippen LogP contribution in [-0.2, 0) is 4.74 Å². The van der Waals surface area contributed by atoms with Crippen LogP contribution in [0.4, 0.5) is 5.69 Å². The lowest BCUT2D eigenvalue weighted by Crippen LogP contribution is -2.34. The van der Waals surface area contributed by atoms with Gasteiger partial charge in [-0.1, -0.05) is 11.6 Å². The van der Waals surface area contributed by atoms with Crippen LogP contribution in [0.25, 0.3) is 0 Å². The van der Waals surface area contributed by atoms with E-state index >= 15 is 0 Å². The van der Waals surface area contributed by atoms with Gasteiger partial charge in [0, 0.05) is 36.9 Å². The standard InChI is InChI=1S/C13H13ClN2O4/c14-13(15-5-7-20-8-6-15)9-12(17)10-1-3-11(4-2-10)16(18)19/h1-4,9H,5-8H2/b13-9+. The fraction of sp³-hybridized carbons (Fsp3) is 0.308. The predicted octanol–water partition coefficient (Wildman–Crippen LogP) is 2.19. The molecule has 0 radical (unpaired) electrons. The van der Waals surface area contributed by atoms with Crippen molar-refractivity contribution in [3.8, 4) is 0 Å². The minimum atomic E-state index is -0.509. The molecule has 0 spiro atoms. The molecule has 0 saturated carbocycles. The minimum Gasteiger partial charge on any atom is -0.378 e. The van der Waals surface area contributed by atoms with E-state index in [1.807, 2.05) is 4.90 Å². The van der Waals surface area contributed by atoms with Crippen LogP contribution in [0.3, 0.4) is 0 Å². The van der Waals surface area contributed by atoms with Crippen molar-refractivity contribution >= 4 is 23.1 Å². The number of ketones is 1. The second kappa shape index (κ2) is 6.49. The summed E-state index contributed by atoms with van der Waals surface area (Å²) in [6.45, 7) is 2.44. The van der Waals surface area contributed by atoms with E-state index < -0.39 is 4.92 Å². The Kier molecular flexibility index (Phi) is 4.70. The van der Waals surface area contributed by atoms with Crippen molar-refractivity contribution in [3.63, 3.8) is 0 Å². The van der Waals surface area contributed by atoms with Crippen LogP contribution in [0.5, 0.6) is 0 Å². The molecule has 1 saturated heterocycles. The van der Waals surface area contributed by atoms with Crippen molar-refractivity contribution in [2.24, 2.45) is 0 Å². The van der Waals surface area contributed by atoms with Gasteiger partial charge in [-0.25, -0.2) is 0 Å². The summed E-state index contributed by atoms with van der Waals surface area (Å²) >= 11 is 6.09. The second-order valence-electron chi connectivity index (χ2n) is 4.23. The van der Waals surface area contributed by atoms with Gasteiger partial charge in [-0.15, -0.1) is 0 Å². The largest absolute Gasteiger partial charge is 0.378 e. The van der Waals surface area contributed by atoms with Crippen LogP contribution < -0.4 is 0 Å². The maximum atomic E-state index is 12.0. The highest BCUT2D eigenvalue weighted by Crippen LogP contribution is 2.16. The van der Waals surface area contributed by atoms with E-state index in [0.717, 1.165) is 0 Å². The molecule has 0 bridgehead atoms. The zero-order valence-electron chi connectivity index (χ0n) is 10.6. The first-order chi connectivity index (χ1) is 9.58. The number of benzene rings is 1. The number of nitro groups is 1. The van der Waals surface area contributed by atoms with Gasteiger partial charge in [-0.2, -0.15) is 0 Å². The summed E-state index contributed by atoms with van der Waals surface area (Å²) in [7, 11) is 0. The summed E-state index contributed by atoms with van der Waals surface area (Å²) in [4.78, 5) is 23.9. The van der Waals surface area contributed by atoms with Gasteiger partial charge in [-0.05, 0) is 12.1 Å². The van der Waals surface area contributed by atoms with E-state index in [1.165, 1.54) is 30.3 Å². The number of hydrogen-bond acceptors (Lipinski definition) is 5. The van der Waals surface area contributed by atoms with Gasteiger partial charge in [0.05, 0.1) is 18.1 Å². The highest BCUT2D eigenvalue weighted by molar-refractivity contribution is 6.31. The Morgan fingerprint density at radius 3 is 2.45 bits per heavy atom. The molecule has 1 aliphatic rings. The summed E-state index contributed by atoms with van der Waals surface area (Å²) in [6.07, 6.45) is 1.33. The molecule has 1 aromatic rings. The maximum absolute atomic E-state index is 12.0. The molecule has 20 heavy (non-hydrogen) atoms. The van der Waals surface area contributed by atoms with Crippen LogP contribution >= 0.6 is 11.6 Å². The molecule has 6 nitrogen and oxygen atoms in total. The third-order valence-corrected chi connectivity index (χ3v) is 3.27. The fourth-order valence-corrected chi connectivity index (χ4v) is 2.08. The van der Waals surface area contributed by atoms with Gasteiger partial charge in [-0.3, -0.25) is 14.9 Å². The third kappa shape index (κ3) is 3.55. The molecular formula is C13H13ClN2O4. The number of non-ortho nitro benzene ring substituents is 1. The highest BCUT2D eigenvalue weighted by Gasteiger charge is 2.14. The summed E-state index contributed by atoms with van der Waals surface area (Å²) in [6, 6.07) is 5.42. The number of hydrogen-bond donors (Lipinski definition) is 0. The van der Waals surface area contributed by atoms with Crippen LogP contribution in [0.1, 0.15) is 10.4 Å². The van der Waals surface area contributed by atoms with Crippen molar-refractivity contribution in [2.75, 3.05) is 26.3 Å². The van der Waals surface area contributed by atoms with Crippen LogP contribution in [0.2, 0.25) is 0 Å². The summed E-state index contributed by atoms with van der Waals surface area (Å²) in [5.41, 5.74) is 0.312.